The second-order valence-electron chi connectivity index (χ2n) is 6.08. The number of carbonyl (C=O) groups is 1. The number of para-hydroxylation sites is 1. The van der Waals surface area contributed by atoms with Gasteiger partial charge in [0.2, 0.25) is 10.0 Å². The van der Waals surface area contributed by atoms with Gasteiger partial charge in [0, 0.05) is 11.8 Å². The topological polar surface area (TPSA) is 126 Å². The van der Waals surface area contributed by atoms with Crippen LogP contribution in [0.5, 0.6) is 5.75 Å². The highest BCUT2D eigenvalue weighted by Crippen LogP contribution is 2.28. The third kappa shape index (κ3) is 6.29. The van der Waals surface area contributed by atoms with Gasteiger partial charge in [0.15, 0.2) is 0 Å². The van der Waals surface area contributed by atoms with Gasteiger partial charge in [-0.15, -0.1) is 0 Å². The van der Waals surface area contributed by atoms with Crippen LogP contribution in [0.4, 0.5) is 0 Å². The number of nitrogens with zero attached hydrogens (tertiary/aromatic N) is 1. The summed E-state index contributed by atoms with van der Waals surface area (Å²) in [4.78, 5) is 15.9. The molecular formula is C19H24N2O6S. The molecule has 1 heterocycles. The molecule has 1 aromatic heterocycles. The maximum absolute atomic E-state index is 12.1. The molecule has 0 bridgehead atoms. The molecule has 0 aliphatic heterocycles. The molecule has 1 unspecified atom stereocenters. The molecule has 3 N–H and O–H groups in total. The van der Waals surface area contributed by atoms with Crippen LogP contribution in [0, 0.1) is 0 Å². The number of ether oxygens (including phenoxy) is 1. The molecule has 2 rings (SSSR count). The number of benzene rings is 1. The normalized spacial score (nSPS) is 12.4. The summed E-state index contributed by atoms with van der Waals surface area (Å²) in [5.41, 5.74) is 1.05. The van der Waals surface area contributed by atoms with E-state index in [1.54, 1.807) is 24.3 Å². The van der Waals surface area contributed by atoms with Crippen molar-refractivity contribution in [1.29, 1.82) is 0 Å². The first-order valence-corrected chi connectivity index (χ1v) is 10.5. The minimum Gasteiger partial charge on any atom is -0.493 e. The predicted molar refractivity (Wildman–Crippen MR) is 103 cm³/mol. The van der Waals surface area contributed by atoms with Crippen molar-refractivity contribution in [2.75, 3.05) is 12.4 Å². The Kier molecular flexibility index (Phi) is 7.91. The largest absolute Gasteiger partial charge is 0.493 e. The fourth-order valence-electron chi connectivity index (χ4n) is 2.57. The minimum atomic E-state index is -3.86. The lowest BCUT2D eigenvalue weighted by Crippen LogP contribution is -2.32. The molecule has 0 fully saturated rings. The van der Waals surface area contributed by atoms with Gasteiger partial charge in [-0.3, -0.25) is 9.78 Å². The zero-order chi connectivity index (χ0) is 20.6. The Bertz CT molecular complexity index is 884. The van der Waals surface area contributed by atoms with Gasteiger partial charge >= 0.3 is 0 Å². The first-order valence-electron chi connectivity index (χ1n) is 8.86. The third-order valence-electron chi connectivity index (χ3n) is 3.97. The third-order valence-corrected chi connectivity index (χ3v) is 5.29. The molecule has 0 saturated heterocycles. The van der Waals surface area contributed by atoms with E-state index in [0.29, 0.717) is 23.6 Å². The number of nitrogens with one attached hydrogen (secondary N) is 1. The lowest BCUT2D eigenvalue weighted by molar-refractivity contribution is 0.0981. The number of aliphatic hydroxyl groups excluding tert-OH is 2. The summed E-state index contributed by atoms with van der Waals surface area (Å²) < 4.78 is 31.7. The number of sulfonamides is 1. The quantitative estimate of drug-likeness (QED) is 0.544. The van der Waals surface area contributed by atoms with E-state index in [1.807, 2.05) is 11.6 Å². The van der Waals surface area contributed by atoms with E-state index in [4.69, 9.17) is 9.84 Å². The van der Waals surface area contributed by atoms with Gasteiger partial charge in [0.1, 0.15) is 5.75 Å². The van der Waals surface area contributed by atoms with Crippen molar-refractivity contribution >= 4 is 15.9 Å². The first kappa shape index (κ1) is 21.8. The van der Waals surface area contributed by atoms with Crippen molar-refractivity contribution in [1.82, 2.24) is 9.71 Å². The van der Waals surface area contributed by atoms with Crippen LogP contribution in [-0.2, 0) is 16.6 Å². The zero-order valence-electron chi connectivity index (χ0n) is 15.5. The highest BCUT2D eigenvalue weighted by Gasteiger charge is 2.18. The summed E-state index contributed by atoms with van der Waals surface area (Å²) in [5.74, 6) is -0.541. The molecule has 0 aliphatic rings. The lowest BCUT2D eigenvalue weighted by atomic mass is 10.0. The number of pyridine rings is 1. The fourth-order valence-corrected chi connectivity index (χ4v) is 3.62. The molecule has 2 aromatic rings. The minimum absolute atomic E-state index is 0.0754. The van der Waals surface area contributed by atoms with Crippen molar-refractivity contribution in [3.05, 3.63) is 59.4 Å². The predicted octanol–water partition coefficient (Wildman–Crippen LogP) is 1.55. The molecular weight excluding hydrogens is 384 g/mol. The van der Waals surface area contributed by atoms with Crippen molar-refractivity contribution in [2.45, 2.75) is 32.5 Å². The Labute approximate surface area is 164 Å². The molecule has 9 heteroatoms. The Morgan fingerprint density at radius 1 is 1.25 bits per heavy atom. The van der Waals surface area contributed by atoms with Crippen molar-refractivity contribution in [3.63, 3.8) is 0 Å². The Morgan fingerprint density at radius 3 is 2.64 bits per heavy atom. The average Bonchev–Trinajstić information content (AvgIpc) is 2.68. The second kappa shape index (κ2) is 10.2. The van der Waals surface area contributed by atoms with Gasteiger partial charge in [-0.1, -0.05) is 18.2 Å². The number of hydrogen-bond acceptors (Lipinski definition) is 7. The highest BCUT2D eigenvalue weighted by molar-refractivity contribution is 7.90. The first-order chi connectivity index (χ1) is 13.4. The number of hydrogen-bond donors (Lipinski definition) is 3. The number of carbonyl (C=O) groups excluding carboxylic acids is 1. The van der Waals surface area contributed by atoms with E-state index in [1.165, 1.54) is 18.3 Å². The number of amides is 1. The van der Waals surface area contributed by atoms with E-state index >= 15 is 0 Å². The van der Waals surface area contributed by atoms with E-state index in [2.05, 4.69) is 4.98 Å². The van der Waals surface area contributed by atoms with Gasteiger partial charge in [-0.2, -0.15) is 0 Å². The van der Waals surface area contributed by atoms with Crippen LogP contribution >= 0.6 is 0 Å². The SMILES string of the molecule is CCOc1ccccc1C(O)CCCS(=O)(=O)NC(=O)c1ccc(CO)nc1. The molecule has 0 spiro atoms. The smallest absolute Gasteiger partial charge is 0.266 e. The molecule has 0 radical (unpaired) electrons. The highest BCUT2D eigenvalue weighted by atomic mass is 32.2. The van der Waals surface area contributed by atoms with Crippen LogP contribution in [0.2, 0.25) is 0 Å². The van der Waals surface area contributed by atoms with Crippen LogP contribution in [0.3, 0.4) is 0 Å². The molecule has 1 aromatic carbocycles. The van der Waals surface area contributed by atoms with Crippen molar-refractivity contribution < 1.29 is 28.2 Å². The van der Waals surface area contributed by atoms with Crippen LogP contribution < -0.4 is 9.46 Å². The van der Waals surface area contributed by atoms with E-state index in [0.717, 1.165) is 0 Å². The average molecular weight is 408 g/mol. The maximum atomic E-state index is 12.1. The van der Waals surface area contributed by atoms with E-state index < -0.39 is 22.0 Å². The van der Waals surface area contributed by atoms with Crippen LogP contribution in [0.15, 0.2) is 42.6 Å². The monoisotopic (exact) mass is 408 g/mol. The van der Waals surface area contributed by atoms with E-state index in [9.17, 15) is 18.3 Å². The summed E-state index contributed by atoms with van der Waals surface area (Å²) in [7, 11) is -3.86. The number of aromatic nitrogens is 1. The standard InChI is InChI=1S/C19H24N2O6S/c1-2-27-18-8-4-3-6-16(18)17(23)7-5-11-28(25,26)21-19(24)14-9-10-15(13-22)20-12-14/h3-4,6,8-10,12,17,22-23H,2,5,7,11,13H2,1H3,(H,21,24). The Hall–Kier alpha value is -2.49. The van der Waals surface area contributed by atoms with Gasteiger partial charge < -0.3 is 14.9 Å². The van der Waals surface area contributed by atoms with Crippen LogP contribution in [-0.4, -0.2) is 41.9 Å². The summed E-state index contributed by atoms with van der Waals surface area (Å²) >= 11 is 0. The van der Waals surface area contributed by atoms with Gasteiger partial charge in [-0.25, -0.2) is 13.1 Å². The molecule has 0 saturated carbocycles. The van der Waals surface area contributed by atoms with Crippen molar-refractivity contribution in [2.24, 2.45) is 0 Å². The molecule has 28 heavy (non-hydrogen) atoms. The summed E-state index contributed by atoms with van der Waals surface area (Å²) in [6.07, 6.45) is 0.687. The molecule has 1 atom stereocenters. The zero-order valence-corrected chi connectivity index (χ0v) is 16.4. The maximum Gasteiger partial charge on any atom is 0.266 e. The summed E-state index contributed by atoms with van der Waals surface area (Å²) in [5, 5.41) is 19.3. The van der Waals surface area contributed by atoms with Crippen LogP contribution in [0.25, 0.3) is 0 Å². The Balaban J connectivity index is 1.89. The molecule has 0 aliphatic carbocycles. The number of rotatable bonds is 10. The van der Waals surface area contributed by atoms with Crippen molar-refractivity contribution in [3.8, 4) is 5.75 Å². The molecule has 8 nitrogen and oxygen atoms in total. The summed E-state index contributed by atoms with van der Waals surface area (Å²) in [6.45, 7) is 2.03. The summed E-state index contributed by atoms with van der Waals surface area (Å²) in [6, 6.07) is 9.87. The fraction of sp³-hybridized carbons (Fsp3) is 0.368. The Morgan fingerprint density at radius 2 is 2.00 bits per heavy atom. The second-order valence-corrected chi connectivity index (χ2v) is 7.92. The van der Waals surface area contributed by atoms with E-state index in [-0.39, 0.29) is 30.8 Å². The molecule has 152 valence electrons. The van der Waals surface area contributed by atoms with Gasteiger partial charge in [-0.05, 0) is 38.0 Å². The van der Waals surface area contributed by atoms with Crippen LogP contribution in [0.1, 0.15) is 47.5 Å². The van der Waals surface area contributed by atoms with Gasteiger partial charge in [0.05, 0.1) is 36.3 Å². The van der Waals surface area contributed by atoms with Gasteiger partial charge in [0.25, 0.3) is 5.91 Å². The molecule has 1 amide bonds. The number of aliphatic hydroxyl groups is 2. The lowest BCUT2D eigenvalue weighted by Gasteiger charge is -2.15.